The van der Waals surface area contributed by atoms with Crippen molar-refractivity contribution in [2.45, 2.75) is 73.0 Å². The highest BCUT2D eigenvalue weighted by Gasteiger charge is 2.14. The summed E-state index contributed by atoms with van der Waals surface area (Å²) < 4.78 is 14.9. The van der Waals surface area contributed by atoms with Crippen molar-refractivity contribution in [2.24, 2.45) is 0 Å². The molecule has 6 heteroatoms. The Morgan fingerprint density at radius 3 is 2.60 bits per heavy atom. The van der Waals surface area contributed by atoms with Crippen molar-refractivity contribution in [1.82, 2.24) is 9.55 Å². The molecule has 0 radical (unpaired) electrons. The van der Waals surface area contributed by atoms with Crippen LogP contribution in [0.1, 0.15) is 50.5 Å². The minimum Gasteiger partial charge on any atom is -0.373 e. The van der Waals surface area contributed by atoms with Crippen molar-refractivity contribution in [3.8, 4) is 0 Å². The maximum Gasteiger partial charge on any atom is 0.231 e. The molecule has 0 bridgehead atoms. The molecule has 1 unspecified atom stereocenters. The highest BCUT2D eigenvalue weighted by atomic mass is 16.5. The average Bonchev–Trinajstić information content (AvgIpc) is 2.95. The van der Waals surface area contributed by atoms with Gasteiger partial charge in [0.05, 0.1) is 37.3 Å². The van der Waals surface area contributed by atoms with E-state index in [1.54, 1.807) is 6.20 Å². The summed E-state index contributed by atoms with van der Waals surface area (Å²) in [6.45, 7) is 12.0. The summed E-state index contributed by atoms with van der Waals surface area (Å²) in [6.07, 6.45) is 4.54. The Kier molecular flexibility index (Phi) is 6.96. The van der Waals surface area contributed by atoms with Crippen LogP contribution in [0.4, 0.5) is 0 Å². The lowest BCUT2D eigenvalue weighted by Crippen LogP contribution is -2.33. The summed E-state index contributed by atoms with van der Waals surface area (Å²) in [5.74, 6) is 1.01. The van der Waals surface area contributed by atoms with Crippen molar-refractivity contribution >= 4 is 0 Å². The standard InChI is InChI=1S/C19H30N3O3/c1-6-21-18(13-24-14(2)3)10-20-19(21)9-16(5)25-12-17-8-7-15(4)22(23)11-17/h7-8,10-11,14,16,23H,6,9,12-13H2,1-5H3/q+1. The van der Waals surface area contributed by atoms with E-state index >= 15 is 0 Å². The number of imidazole rings is 1. The van der Waals surface area contributed by atoms with Crippen molar-refractivity contribution in [3.05, 3.63) is 47.3 Å². The Morgan fingerprint density at radius 2 is 1.96 bits per heavy atom. The molecule has 0 aliphatic rings. The molecule has 0 fully saturated rings. The number of hydrogen-bond donors (Lipinski definition) is 1. The zero-order chi connectivity index (χ0) is 18.4. The Labute approximate surface area is 150 Å². The molecule has 0 aromatic carbocycles. The van der Waals surface area contributed by atoms with Crippen LogP contribution >= 0.6 is 0 Å². The Bertz CT molecular complexity index is 683. The molecule has 2 rings (SSSR count). The van der Waals surface area contributed by atoms with E-state index in [1.165, 1.54) is 0 Å². The van der Waals surface area contributed by atoms with Gasteiger partial charge in [-0.2, -0.15) is 0 Å². The molecular weight excluding hydrogens is 318 g/mol. The van der Waals surface area contributed by atoms with Gasteiger partial charge in [-0.15, -0.1) is 0 Å². The van der Waals surface area contributed by atoms with E-state index in [4.69, 9.17) is 9.47 Å². The molecule has 1 N–H and O–H groups in total. The van der Waals surface area contributed by atoms with Gasteiger partial charge in [-0.1, -0.05) is 0 Å². The van der Waals surface area contributed by atoms with Gasteiger partial charge < -0.3 is 14.0 Å². The predicted octanol–water partition coefficient (Wildman–Crippen LogP) is 2.81. The summed E-state index contributed by atoms with van der Waals surface area (Å²) in [4.78, 5) is 4.54. The fourth-order valence-corrected chi connectivity index (χ4v) is 2.62. The van der Waals surface area contributed by atoms with Crippen LogP contribution in [0.2, 0.25) is 0 Å². The lowest BCUT2D eigenvalue weighted by molar-refractivity contribution is -0.909. The third-order valence-electron chi connectivity index (χ3n) is 4.09. The maximum atomic E-state index is 9.70. The number of hydrogen-bond acceptors (Lipinski definition) is 4. The van der Waals surface area contributed by atoms with Crippen LogP contribution < -0.4 is 4.73 Å². The Balaban J connectivity index is 1.93. The van der Waals surface area contributed by atoms with E-state index in [1.807, 2.05) is 46.0 Å². The second-order valence-corrected chi connectivity index (χ2v) is 6.62. The SMILES string of the molecule is CCn1c(COC(C)C)cnc1CC(C)OCc1ccc(C)[n+](O)c1. The first-order valence-electron chi connectivity index (χ1n) is 8.87. The molecule has 0 amide bonds. The molecule has 1 atom stereocenters. The molecule has 0 aliphatic heterocycles. The number of pyridine rings is 1. The van der Waals surface area contributed by atoms with E-state index in [0.717, 1.165) is 40.5 Å². The van der Waals surface area contributed by atoms with Crippen molar-refractivity contribution in [2.75, 3.05) is 0 Å². The number of nitrogens with zero attached hydrogens (tertiary/aromatic N) is 3. The van der Waals surface area contributed by atoms with Crippen LogP contribution in [0.3, 0.4) is 0 Å². The predicted molar refractivity (Wildman–Crippen MR) is 94.3 cm³/mol. The van der Waals surface area contributed by atoms with Crippen LogP contribution in [-0.2, 0) is 35.7 Å². The van der Waals surface area contributed by atoms with Crippen molar-refractivity contribution in [1.29, 1.82) is 0 Å². The van der Waals surface area contributed by atoms with Crippen molar-refractivity contribution < 1.29 is 19.4 Å². The highest BCUT2D eigenvalue weighted by molar-refractivity contribution is 5.08. The van der Waals surface area contributed by atoms with E-state index in [9.17, 15) is 5.21 Å². The third-order valence-corrected chi connectivity index (χ3v) is 4.09. The number of rotatable bonds is 9. The second kappa shape index (κ2) is 8.97. The van der Waals surface area contributed by atoms with Gasteiger partial charge in [-0.05, 0) is 33.8 Å². The Hall–Kier alpha value is -1.92. The summed E-state index contributed by atoms with van der Waals surface area (Å²) in [5, 5.41) is 9.70. The van der Waals surface area contributed by atoms with Gasteiger partial charge in [0.1, 0.15) is 5.82 Å². The number of ether oxygens (including phenoxy) is 2. The number of aromatic nitrogens is 3. The van der Waals surface area contributed by atoms with Gasteiger partial charge in [0, 0.05) is 36.2 Å². The molecule has 25 heavy (non-hydrogen) atoms. The smallest absolute Gasteiger partial charge is 0.231 e. The van der Waals surface area contributed by atoms with Gasteiger partial charge >= 0.3 is 0 Å². The first kappa shape index (κ1) is 19.4. The second-order valence-electron chi connectivity index (χ2n) is 6.62. The monoisotopic (exact) mass is 348 g/mol. The topological polar surface area (TPSA) is 60.4 Å². The summed E-state index contributed by atoms with van der Waals surface area (Å²) in [5.41, 5.74) is 2.82. The van der Waals surface area contributed by atoms with Gasteiger partial charge in [0.15, 0.2) is 0 Å². The van der Waals surface area contributed by atoms with Crippen LogP contribution in [0, 0.1) is 6.92 Å². The summed E-state index contributed by atoms with van der Waals surface area (Å²) in [7, 11) is 0. The summed E-state index contributed by atoms with van der Waals surface area (Å²) in [6, 6.07) is 3.83. The van der Waals surface area contributed by atoms with E-state index in [-0.39, 0.29) is 12.2 Å². The Morgan fingerprint density at radius 1 is 1.20 bits per heavy atom. The van der Waals surface area contributed by atoms with E-state index < -0.39 is 0 Å². The molecule has 138 valence electrons. The minimum absolute atomic E-state index is 0.0278. The van der Waals surface area contributed by atoms with Crippen LogP contribution in [-0.4, -0.2) is 27.0 Å². The molecule has 0 aliphatic carbocycles. The lowest BCUT2D eigenvalue weighted by atomic mass is 10.2. The third kappa shape index (κ3) is 5.54. The van der Waals surface area contributed by atoms with Crippen LogP contribution in [0.25, 0.3) is 0 Å². The normalized spacial score (nSPS) is 12.7. The molecule has 2 aromatic heterocycles. The largest absolute Gasteiger partial charge is 0.373 e. The zero-order valence-corrected chi connectivity index (χ0v) is 15.9. The fraction of sp³-hybridized carbons (Fsp3) is 0.579. The average molecular weight is 348 g/mol. The summed E-state index contributed by atoms with van der Waals surface area (Å²) >= 11 is 0. The molecule has 0 saturated heterocycles. The van der Waals surface area contributed by atoms with Gasteiger partial charge in [0.2, 0.25) is 11.9 Å². The molecule has 2 aromatic rings. The molecular formula is C19H30N3O3+. The molecule has 6 nitrogen and oxygen atoms in total. The van der Waals surface area contributed by atoms with Gasteiger partial charge in [-0.25, -0.2) is 4.98 Å². The van der Waals surface area contributed by atoms with E-state index in [0.29, 0.717) is 13.2 Å². The fourth-order valence-electron chi connectivity index (χ4n) is 2.62. The van der Waals surface area contributed by atoms with E-state index in [2.05, 4.69) is 16.5 Å². The van der Waals surface area contributed by atoms with Crippen LogP contribution in [0.5, 0.6) is 0 Å². The van der Waals surface area contributed by atoms with Gasteiger partial charge in [0.25, 0.3) is 0 Å². The number of aryl methyl sites for hydroxylation is 1. The molecule has 2 heterocycles. The first-order chi connectivity index (χ1) is 11.9. The highest BCUT2D eigenvalue weighted by Crippen LogP contribution is 2.12. The maximum absolute atomic E-state index is 9.70. The van der Waals surface area contributed by atoms with Gasteiger partial charge in [-0.3, -0.25) is 5.21 Å². The molecule has 0 saturated carbocycles. The van der Waals surface area contributed by atoms with Crippen molar-refractivity contribution in [3.63, 3.8) is 0 Å². The lowest BCUT2D eigenvalue weighted by Gasteiger charge is -2.15. The minimum atomic E-state index is 0.0278. The zero-order valence-electron chi connectivity index (χ0n) is 15.9. The quantitative estimate of drug-likeness (QED) is 0.559. The van der Waals surface area contributed by atoms with Crippen LogP contribution in [0.15, 0.2) is 24.5 Å². The first-order valence-corrected chi connectivity index (χ1v) is 8.87. The molecule has 0 spiro atoms.